The largest absolute Gasteiger partial charge is 0.503 e. The summed E-state index contributed by atoms with van der Waals surface area (Å²) >= 11 is 6.37. The lowest BCUT2D eigenvalue weighted by Crippen LogP contribution is -2.65. The molecule has 18 nitrogen and oxygen atoms in total. The Hall–Kier alpha value is -5.72. The molecule has 0 fully saturated rings. The average Bonchev–Trinajstić information content (AvgIpc) is 3.62. The standard InChI is InChI=1S/C37H47ClN6O12/c1-9-18(5)26(33(51)39-21(36(54)55)16-24(45)46)41-31(49)22-12-11-13-44(22)35(53)30-37(6,10-2)56-23-15-19(14-20(38)29(23)48)28(47)27(43(7)8)34(52)40-25(17(3)4)32(50)42-30/h11-12,14-16,22,25,27-28,30,47-48H,3,9-10,13H2,1-2,4-8H3,(H,39,51)(H,40,52)(H,41,49)(H,42,50)(H,45,46)(H,54,55)/b21-16+,26-18+/t22-,25-,27-,28-,30+,37+/m0/s1. The molecule has 6 atom stereocenters. The number of phenolic OH excluding ortho intramolecular Hbond substituents is 1. The van der Waals surface area contributed by atoms with Crippen LogP contribution < -0.4 is 26.0 Å². The first-order valence-electron chi connectivity index (χ1n) is 17.4. The van der Waals surface area contributed by atoms with Gasteiger partial charge in [0.2, 0.25) is 11.8 Å². The van der Waals surface area contributed by atoms with Crippen molar-refractivity contribution in [1.82, 2.24) is 31.1 Å². The van der Waals surface area contributed by atoms with Crippen molar-refractivity contribution in [3.63, 3.8) is 0 Å². The van der Waals surface area contributed by atoms with Crippen LogP contribution in [0.5, 0.6) is 11.5 Å². The Bertz CT molecular complexity index is 1910. The molecule has 1 aromatic rings. The van der Waals surface area contributed by atoms with Gasteiger partial charge in [-0.2, -0.15) is 0 Å². The number of nitrogens with one attached hydrogen (secondary N) is 4. The van der Waals surface area contributed by atoms with Gasteiger partial charge in [-0.3, -0.25) is 28.9 Å². The predicted molar refractivity (Wildman–Crippen MR) is 201 cm³/mol. The first-order valence-corrected chi connectivity index (χ1v) is 17.7. The third kappa shape index (κ3) is 9.92. The van der Waals surface area contributed by atoms with Crippen molar-refractivity contribution >= 4 is 53.1 Å². The summed E-state index contributed by atoms with van der Waals surface area (Å²) in [6.45, 7) is 11.3. The Morgan fingerprint density at radius 1 is 1.09 bits per heavy atom. The minimum absolute atomic E-state index is 0.0192. The van der Waals surface area contributed by atoms with Crippen LogP contribution >= 0.6 is 11.6 Å². The molecule has 0 spiro atoms. The summed E-state index contributed by atoms with van der Waals surface area (Å²) < 4.78 is 6.32. The maximum absolute atomic E-state index is 14.7. The minimum atomic E-state index is -1.75. The summed E-state index contributed by atoms with van der Waals surface area (Å²) in [6.07, 6.45) is 1.73. The van der Waals surface area contributed by atoms with E-state index in [2.05, 4.69) is 22.5 Å². The molecule has 0 saturated heterocycles. The fraction of sp³-hybridized carbons (Fsp3) is 0.432. The highest BCUT2D eigenvalue weighted by molar-refractivity contribution is 6.32. The van der Waals surface area contributed by atoms with Gasteiger partial charge in [0.25, 0.3) is 17.7 Å². The SMILES string of the molecule is C=C(C)[C@@H]1NC(=O)[C@@H](N(C)C)[C@@H](O)c2cc(Cl)c(O)c(c2)O[C@](C)(CC)[C@@H](C(=O)N2CC=C[C@H]2C(=O)N/C(C(=O)N/C(=C/C(=O)O)C(=O)O)=C(\C)CC)NC1=O. The number of benzene rings is 1. The summed E-state index contributed by atoms with van der Waals surface area (Å²) in [5, 5.41) is 50.2. The number of aliphatic hydroxyl groups is 1. The van der Waals surface area contributed by atoms with Crippen LogP contribution in [0.1, 0.15) is 59.1 Å². The molecule has 2 heterocycles. The van der Waals surface area contributed by atoms with Crippen LogP contribution in [0.25, 0.3) is 0 Å². The van der Waals surface area contributed by atoms with Gasteiger partial charge in [-0.1, -0.05) is 44.2 Å². The van der Waals surface area contributed by atoms with Crippen molar-refractivity contribution in [3.05, 3.63) is 70.1 Å². The summed E-state index contributed by atoms with van der Waals surface area (Å²) in [7, 11) is 3.05. The molecule has 0 radical (unpaired) electrons. The van der Waals surface area contributed by atoms with Crippen molar-refractivity contribution in [2.24, 2.45) is 0 Å². The lowest BCUT2D eigenvalue weighted by atomic mass is 9.90. The Balaban J connectivity index is 2.13. The highest BCUT2D eigenvalue weighted by Crippen LogP contribution is 2.41. The number of fused-ring (bicyclic) bond motifs is 2. The molecule has 3 rings (SSSR count). The number of phenols is 1. The van der Waals surface area contributed by atoms with E-state index in [1.165, 1.54) is 64.1 Å². The monoisotopic (exact) mass is 802 g/mol. The van der Waals surface area contributed by atoms with E-state index in [4.69, 9.17) is 21.4 Å². The zero-order valence-electron chi connectivity index (χ0n) is 31.9. The van der Waals surface area contributed by atoms with Gasteiger partial charge in [0.1, 0.15) is 47.3 Å². The molecule has 2 bridgehead atoms. The molecule has 0 aliphatic carbocycles. The number of nitrogens with zero attached hydrogens (tertiary/aromatic N) is 2. The topological polar surface area (TPSA) is 264 Å². The van der Waals surface area contributed by atoms with Crippen LogP contribution in [0.15, 0.2) is 59.5 Å². The number of halogens is 1. The van der Waals surface area contributed by atoms with Crippen molar-refractivity contribution in [3.8, 4) is 11.5 Å². The number of hydrogen-bond donors (Lipinski definition) is 8. The molecule has 5 amide bonds. The zero-order valence-corrected chi connectivity index (χ0v) is 32.7. The maximum atomic E-state index is 14.7. The second-order valence-corrected chi connectivity index (χ2v) is 14.1. The number of carbonyl (C=O) groups is 7. The van der Waals surface area contributed by atoms with Crippen LogP contribution in [-0.2, 0) is 33.6 Å². The number of carboxylic acids is 2. The Morgan fingerprint density at radius 3 is 2.27 bits per heavy atom. The van der Waals surface area contributed by atoms with E-state index < -0.39 is 94.5 Å². The van der Waals surface area contributed by atoms with E-state index >= 15 is 0 Å². The summed E-state index contributed by atoms with van der Waals surface area (Å²) in [5.74, 6) is -8.88. The number of amides is 5. The fourth-order valence-electron chi connectivity index (χ4n) is 5.95. The second-order valence-electron chi connectivity index (χ2n) is 13.7. The Morgan fingerprint density at radius 2 is 1.73 bits per heavy atom. The van der Waals surface area contributed by atoms with E-state index in [9.17, 15) is 48.9 Å². The number of carboxylic acid groups (broad SMARTS) is 2. The molecule has 304 valence electrons. The van der Waals surface area contributed by atoms with Crippen molar-refractivity contribution in [1.29, 1.82) is 0 Å². The number of aliphatic hydroxyl groups excluding tert-OH is 1. The maximum Gasteiger partial charge on any atom is 0.352 e. The van der Waals surface area contributed by atoms with Gasteiger partial charge < -0.3 is 51.3 Å². The molecule has 2 aliphatic heterocycles. The summed E-state index contributed by atoms with van der Waals surface area (Å²) in [4.78, 5) is 94.7. The van der Waals surface area contributed by atoms with Gasteiger partial charge in [-0.15, -0.1) is 0 Å². The van der Waals surface area contributed by atoms with Crippen LogP contribution in [-0.4, -0.2) is 122 Å². The Labute approximate surface area is 327 Å². The van der Waals surface area contributed by atoms with E-state index in [1.54, 1.807) is 13.8 Å². The van der Waals surface area contributed by atoms with E-state index in [0.29, 0.717) is 0 Å². The van der Waals surface area contributed by atoms with E-state index in [-0.39, 0.29) is 52.9 Å². The normalized spacial score (nSPS) is 24.6. The van der Waals surface area contributed by atoms with Gasteiger partial charge in [-0.25, -0.2) is 9.59 Å². The van der Waals surface area contributed by atoms with Crippen molar-refractivity contribution in [2.45, 2.75) is 83.3 Å². The number of rotatable bonds is 11. The number of ether oxygens (including phenoxy) is 1. The van der Waals surface area contributed by atoms with Crippen LogP contribution in [0, 0.1) is 0 Å². The van der Waals surface area contributed by atoms with Crippen molar-refractivity contribution in [2.75, 3.05) is 20.6 Å². The van der Waals surface area contributed by atoms with Gasteiger partial charge >= 0.3 is 11.9 Å². The zero-order chi connectivity index (χ0) is 42.4. The quantitative estimate of drug-likeness (QED) is 0.114. The molecule has 0 aromatic heterocycles. The highest BCUT2D eigenvalue weighted by atomic mass is 35.5. The molecule has 2 aliphatic rings. The summed E-state index contributed by atoms with van der Waals surface area (Å²) in [6, 6.07) is -3.28. The van der Waals surface area contributed by atoms with Gasteiger partial charge in [-0.05, 0) is 76.6 Å². The van der Waals surface area contributed by atoms with Gasteiger partial charge in [0.05, 0.1) is 11.1 Å². The van der Waals surface area contributed by atoms with Gasteiger partial charge in [0.15, 0.2) is 11.5 Å². The number of likely N-dealkylation sites (N-methyl/N-ethyl adjacent to an activating group) is 1. The molecule has 19 heteroatoms. The van der Waals surface area contributed by atoms with Crippen LogP contribution in [0.2, 0.25) is 5.02 Å². The molecule has 56 heavy (non-hydrogen) atoms. The first kappa shape index (κ1) is 44.7. The van der Waals surface area contributed by atoms with Crippen LogP contribution in [0.3, 0.4) is 0 Å². The van der Waals surface area contributed by atoms with E-state index in [0.717, 1.165) is 4.90 Å². The number of carbonyl (C=O) groups excluding carboxylic acids is 5. The smallest absolute Gasteiger partial charge is 0.352 e. The molecule has 0 unspecified atom stereocenters. The molecule has 1 aromatic carbocycles. The second kappa shape index (κ2) is 18.3. The molecular formula is C37H47ClN6O12. The number of hydrogen-bond acceptors (Lipinski definition) is 11. The molecular weight excluding hydrogens is 756 g/mol. The van der Waals surface area contributed by atoms with Crippen LogP contribution in [0.4, 0.5) is 0 Å². The fourth-order valence-corrected chi connectivity index (χ4v) is 6.17. The lowest BCUT2D eigenvalue weighted by molar-refractivity contribution is -0.146. The average molecular weight is 803 g/mol. The molecule has 8 N–H and O–H groups in total. The van der Waals surface area contributed by atoms with Crippen molar-refractivity contribution < 1.29 is 58.7 Å². The third-order valence-electron chi connectivity index (χ3n) is 9.43. The first-order chi connectivity index (χ1) is 26.1. The third-order valence-corrected chi connectivity index (χ3v) is 9.72. The lowest BCUT2D eigenvalue weighted by Gasteiger charge is -2.40. The van der Waals surface area contributed by atoms with Gasteiger partial charge in [0, 0.05) is 6.54 Å². The van der Waals surface area contributed by atoms with E-state index in [1.807, 2.05) is 5.32 Å². The number of aromatic hydroxyl groups is 1. The Kier molecular flexibility index (Phi) is 14.6. The number of aliphatic carboxylic acids is 2. The predicted octanol–water partition coefficient (Wildman–Crippen LogP) is 0.853. The molecule has 0 saturated carbocycles. The number of allylic oxidation sites excluding steroid dienone is 1. The summed E-state index contributed by atoms with van der Waals surface area (Å²) in [5.41, 5.74) is -2.60. The highest BCUT2D eigenvalue weighted by Gasteiger charge is 2.48. The minimum Gasteiger partial charge on any atom is -0.503 e.